The van der Waals surface area contributed by atoms with E-state index in [0.29, 0.717) is 25.7 Å². The molecule has 5 fully saturated rings. The number of Topliss-reactive ketones (excluding diaryl/α,β-unsaturated/α-hetero) is 2. The molecule has 0 radical (unpaired) electrons. The fourth-order valence-corrected chi connectivity index (χ4v) is 9.10. The maximum absolute atomic E-state index is 13.8. The number of rotatable bonds is 5. The SMILES string of the molecule is C[C@]12CC[C@@H](O[C@@H]3O[C@H](C(=O)O)[C@@H](O)[C@@H](O)[C@H]3O)C[C@H]1CC[C@@H]1[C@@H]2C(=O)C[C@@]2(C)[C@H]1CC[C@]2(O)C(=O)CO. The van der Waals surface area contributed by atoms with E-state index in [1.54, 1.807) is 0 Å². The van der Waals surface area contributed by atoms with E-state index in [4.69, 9.17) is 9.47 Å². The van der Waals surface area contributed by atoms with Crippen molar-refractivity contribution < 1.29 is 54.5 Å². The largest absolute Gasteiger partial charge is 0.479 e. The Hall–Kier alpha value is -1.47. The average molecular weight is 541 g/mol. The highest BCUT2D eigenvalue weighted by Crippen LogP contribution is 2.67. The summed E-state index contributed by atoms with van der Waals surface area (Å²) in [5, 5.41) is 60.6. The normalized spacial score (nSPS) is 52.6. The minimum absolute atomic E-state index is 0.00380. The summed E-state index contributed by atoms with van der Waals surface area (Å²) in [5.74, 6) is -2.06. The molecule has 5 rings (SSSR count). The summed E-state index contributed by atoms with van der Waals surface area (Å²) in [5.41, 5.74) is -2.90. The van der Waals surface area contributed by atoms with E-state index in [1.807, 2.05) is 6.92 Å². The molecule has 4 aliphatic carbocycles. The molecule has 5 aliphatic rings. The molecule has 214 valence electrons. The fourth-order valence-electron chi connectivity index (χ4n) is 9.10. The van der Waals surface area contributed by atoms with Crippen molar-refractivity contribution >= 4 is 17.5 Å². The Balaban J connectivity index is 1.31. The van der Waals surface area contributed by atoms with E-state index in [-0.39, 0.29) is 53.8 Å². The van der Waals surface area contributed by atoms with Crippen LogP contribution in [0.5, 0.6) is 0 Å². The smallest absolute Gasteiger partial charge is 0.335 e. The van der Waals surface area contributed by atoms with Gasteiger partial charge in [0.2, 0.25) is 0 Å². The molecule has 4 saturated carbocycles. The molecule has 1 saturated heterocycles. The molecule has 6 N–H and O–H groups in total. The molecule has 38 heavy (non-hydrogen) atoms. The molecular weight excluding hydrogens is 500 g/mol. The first-order valence-electron chi connectivity index (χ1n) is 13.8. The molecule has 0 unspecified atom stereocenters. The van der Waals surface area contributed by atoms with Crippen LogP contribution < -0.4 is 0 Å². The number of carboxylic acid groups (broad SMARTS) is 1. The van der Waals surface area contributed by atoms with Crippen LogP contribution in [0, 0.1) is 34.5 Å². The van der Waals surface area contributed by atoms with Crippen LogP contribution in [0.4, 0.5) is 0 Å². The lowest BCUT2D eigenvalue weighted by atomic mass is 9.44. The summed E-state index contributed by atoms with van der Waals surface area (Å²) in [6.07, 6.45) is -4.28. The van der Waals surface area contributed by atoms with Gasteiger partial charge in [0.05, 0.1) is 6.10 Å². The number of ether oxygens (including phenoxy) is 2. The third kappa shape index (κ3) is 3.92. The number of carbonyl (C=O) groups is 3. The Morgan fingerprint density at radius 3 is 2.39 bits per heavy atom. The van der Waals surface area contributed by atoms with Gasteiger partial charge in [0.15, 0.2) is 18.2 Å². The summed E-state index contributed by atoms with van der Waals surface area (Å²) in [6, 6.07) is 0. The Labute approximate surface area is 221 Å². The van der Waals surface area contributed by atoms with Gasteiger partial charge in [-0.3, -0.25) is 9.59 Å². The molecule has 0 spiro atoms. The highest BCUT2D eigenvalue weighted by molar-refractivity contribution is 5.92. The van der Waals surface area contributed by atoms with Crippen molar-refractivity contribution in [3.8, 4) is 0 Å². The Kier molecular flexibility index (Phi) is 7.07. The van der Waals surface area contributed by atoms with Gasteiger partial charge in [0.1, 0.15) is 36.3 Å². The Morgan fingerprint density at radius 2 is 1.74 bits per heavy atom. The molecule has 11 nitrogen and oxygen atoms in total. The lowest BCUT2D eigenvalue weighted by Crippen LogP contribution is -2.63. The van der Waals surface area contributed by atoms with Gasteiger partial charge in [0, 0.05) is 17.8 Å². The van der Waals surface area contributed by atoms with Gasteiger partial charge in [-0.05, 0) is 68.1 Å². The number of aliphatic hydroxyl groups is 5. The minimum atomic E-state index is -1.78. The standard InChI is InChI=1S/C27H40O11/c1-25-7-5-13(37-24-21(33)19(31)20(32)22(38-24)23(34)35)9-12(25)3-4-14-15-6-8-27(36,17(30)11-28)26(15,2)10-16(29)18(14)25/h12-15,18-22,24,28,31-33,36H,3-11H2,1-2H3,(H,34,35)/t12-,13-,14+,15+,18-,19-,20+,21-,22+,24-,25+,26+,27+/m1/s1. The molecule has 0 aromatic heterocycles. The highest BCUT2D eigenvalue weighted by atomic mass is 16.7. The second-order valence-corrected chi connectivity index (χ2v) is 12.8. The maximum atomic E-state index is 13.8. The summed E-state index contributed by atoms with van der Waals surface area (Å²) in [6.45, 7) is 3.22. The van der Waals surface area contributed by atoms with E-state index in [9.17, 15) is 45.0 Å². The summed E-state index contributed by atoms with van der Waals surface area (Å²) in [7, 11) is 0. The number of aliphatic carboxylic acids is 1. The number of aliphatic hydroxyl groups excluding tert-OH is 4. The summed E-state index contributed by atoms with van der Waals surface area (Å²) < 4.78 is 11.3. The molecule has 0 bridgehead atoms. The quantitative estimate of drug-likeness (QED) is 0.253. The van der Waals surface area contributed by atoms with Crippen LogP contribution in [0.15, 0.2) is 0 Å². The lowest BCUT2D eigenvalue weighted by molar-refractivity contribution is -0.309. The zero-order valence-electron chi connectivity index (χ0n) is 21.9. The van der Waals surface area contributed by atoms with Gasteiger partial charge in [0.25, 0.3) is 0 Å². The van der Waals surface area contributed by atoms with E-state index >= 15 is 0 Å². The zero-order valence-corrected chi connectivity index (χ0v) is 21.9. The predicted octanol–water partition coefficient (Wildman–Crippen LogP) is -0.222. The zero-order chi connectivity index (χ0) is 27.8. The Bertz CT molecular complexity index is 986. The second kappa shape index (κ2) is 9.57. The van der Waals surface area contributed by atoms with Crippen molar-refractivity contribution in [2.75, 3.05) is 6.61 Å². The van der Waals surface area contributed by atoms with E-state index < -0.39 is 60.1 Å². The molecule has 0 aromatic carbocycles. The maximum Gasteiger partial charge on any atom is 0.335 e. The van der Waals surface area contributed by atoms with E-state index in [1.165, 1.54) is 0 Å². The van der Waals surface area contributed by atoms with Crippen molar-refractivity contribution in [1.29, 1.82) is 0 Å². The monoisotopic (exact) mass is 540 g/mol. The molecular formula is C27H40O11. The number of hydrogen-bond acceptors (Lipinski definition) is 10. The van der Waals surface area contributed by atoms with Crippen molar-refractivity contribution in [3.05, 3.63) is 0 Å². The van der Waals surface area contributed by atoms with Crippen LogP contribution in [0.3, 0.4) is 0 Å². The van der Waals surface area contributed by atoms with Crippen molar-refractivity contribution in [2.45, 2.75) is 108 Å². The van der Waals surface area contributed by atoms with E-state index in [2.05, 4.69) is 6.92 Å². The molecule has 13 atom stereocenters. The third-order valence-electron chi connectivity index (χ3n) is 11.2. The van der Waals surface area contributed by atoms with Gasteiger partial charge < -0.3 is 40.1 Å². The number of carbonyl (C=O) groups excluding carboxylic acids is 2. The number of ketones is 2. The summed E-state index contributed by atoms with van der Waals surface area (Å²) in [4.78, 5) is 37.8. The van der Waals surface area contributed by atoms with Crippen molar-refractivity contribution in [1.82, 2.24) is 0 Å². The van der Waals surface area contributed by atoms with Crippen LogP contribution in [0.1, 0.15) is 65.2 Å². The first-order chi connectivity index (χ1) is 17.8. The van der Waals surface area contributed by atoms with Gasteiger partial charge in [-0.2, -0.15) is 0 Å². The molecule has 11 heteroatoms. The second-order valence-electron chi connectivity index (χ2n) is 12.8. The topological polar surface area (TPSA) is 191 Å². The number of hydrogen-bond donors (Lipinski definition) is 6. The van der Waals surface area contributed by atoms with Gasteiger partial charge in [-0.15, -0.1) is 0 Å². The fraction of sp³-hybridized carbons (Fsp3) is 0.889. The van der Waals surface area contributed by atoms with Crippen molar-refractivity contribution in [2.24, 2.45) is 34.5 Å². The third-order valence-corrected chi connectivity index (χ3v) is 11.2. The van der Waals surface area contributed by atoms with Crippen LogP contribution in [-0.2, 0) is 23.9 Å². The summed E-state index contributed by atoms with van der Waals surface area (Å²) >= 11 is 0. The molecule has 1 heterocycles. The highest BCUT2D eigenvalue weighted by Gasteiger charge is 2.69. The van der Waals surface area contributed by atoms with Gasteiger partial charge in [-0.25, -0.2) is 4.79 Å². The van der Waals surface area contributed by atoms with E-state index in [0.717, 1.165) is 12.8 Å². The minimum Gasteiger partial charge on any atom is -0.479 e. The van der Waals surface area contributed by atoms with Crippen LogP contribution >= 0.6 is 0 Å². The predicted molar refractivity (Wildman–Crippen MR) is 128 cm³/mol. The Morgan fingerprint density at radius 1 is 1.03 bits per heavy atom. The molecule has 1 aliphatic heterocycles. The van der Waals surface area contributed by atoms with Crippen LogP contribution in [0.25, 0.3) is 0 Å². The van der Waals surface area contributed by atoms with Gasteiger partial charge in [-0.1, -0.05) is 13.8 Å². The van der Waals surface area contributed by atoms with Crippen molar-refractivity contribution in [3.63, 3.8) is 0 Å². The van der Waals surface area contributed by atoms with Gasteiger partial charge >= 0.3 is 5.97 Å². The first kappa shape index (κ1) is 28.1. The lowest BCUT2D eigenvalue weighted by Gasteiger charge is -2.60. The average Bonchev–Trinajstić information content (AvgIpc) is 3.14. The number of fused-ring (bicyclic) bond motifs is 5. The molecule has 0 amide bonds. The molecule has 0 aromatic rings. The van der Waals surface area contributed by atoms with Crippen LogP contribution in [0.2, 0.25) is 0 Å². The van der Waals surface area contributed by atoms with Crippen LogP contribution in [-0.4, -0.2) is 97.2 Å². The first-order valence-corrected chi connectivity index (χ1v) is 13.8. The number of carboxylic acids is 1.